The summed E-state index contributed by atoms with van der Waals surface area (Å²) in [6.45, 7) is 4.00. The van der Waals surface area contributed by atoms with Crippen LogP contribution in [0, 0.1) is 0 Å². The Morgan fingerprint density at radius 3 is 1.50 bits per heavy atom. The first-order chi connectivity index (χ1) is 11.4. The van der Waals surface area contributed by atoms with Gasteiger partial charge in [0.1, 0.15) is 26.4 Å². The summed E-state index contributed by atoms with van der Waals surface area (Å²) in [5.74, 6) is 3.31. The maximum Gasteiger partial charge on any atom is 0.161 e. The highest BCUT2D eigenvalue weighted by atomic mass is 35.5. The van der Waals surface area contributed by atoms with Crippen molar-refractivity contribution < 1.29 is 18.9 Å². The van der Waals surface area contributed by atoms with Crippen LogP contribution in [-0.4, -0.2) is 26.4 Å². The lowest BCUT2D eigenvalue weighted by Gasteiger charge is -2.19. The summed E-state index contributed by atoms with van der Waals surface area (Å²) in [6, 6.07) is 12.1. The Balaban J connectivity index is 0.00000169. The molecule has 2 aromatic carbocycles. The third-order valence-corrected chi connectivity index (χ3v) is 3.87. The van der Waals surface area contributed by atoms with E-state index in [1.54, 1.807) is 0 Å². The lowest BCUT2D eigenvalue weighted by Crippen LogP contribution is -2.17. The van der Waals surface area contributed by atoms with Crippen molar-refractivity contribution in [3.63, 3.8) is 0 Å². The average Bonchev–Trinajstić information content (AvgIpc) is 2.61. The molecule has 2 aliphatic rings. The van der Waals surface area contributed by atoms with E-state index >= 15 is 0 Å². The van der Waals surface area contributed by atoms with E-state index in [4.69, 9.17) is 18.9 Å². The number of benzene rings is 2. The Hall–Kier alpha value is -2.11. The van der Waals surface area contributed by atoms with Crippen molar-refractivity contribution >= 4 is 12.4 Å². The fraction of sp³-hybridized carbons (Fsp3) is 0.333. The van der Waals surface area contributed by atoms with Gasteiger partial charge in [0.2, 0.25) is 0 Å². The van der Waals surface area contributed by atoms with E-state index in [1.165, 1.54) is 11.1 Å². The van der Waals surface area contributed by atoms with Crippen LogP contribution in [0.25, 0.3) is 0 Å². The maximum atomic E-state index is 5.61. The molecular formula is C18H20ClNO4. The van der Waals surface area contributed by atoms with Crippen LogP contribution in [0.5, 0.6) is 23.0 Å². The third-order valence-electron chi connectivity index (χ3n) is 3.87. The average molecular weight is 350 g/mol. The fourth-order valence-corrected chi connectivity index (χ4v) is 2.75. The van der Waals surface area contributed by atoms with E-state index in [2.05, 4.69) is 17.4 Å². The Bertz CT molecular complexity index is 648. The second kappa shape index (κ2) is 7.64. The van der Waals surface area contributed by atoms with Crippen molar-refractivity contribution in [3.8, 4) is 23.0 Å². The van der Waals surface area contributed by atoms with Crippen molar-refractivity contribution in [1.82, 2.24) is 5.32 Å². The van der Waals surface area contributed by atoms with E-state index < -0.39 is 0 Å². The van der Waals surface area contributed by atoms with Gasteiger partial charge in [0.15, 0.2) is 23.0 Å². The molecule has 0 atom stereocenters. The predicted octanol–water partition coefficient (Wildman–Crippen LogP) is 2.94. The molecule has 0 aromatic heterocycles. The third kappa shape index (κ3) is 3.68. The Labute approximate surface area is 147 Å². The number of rotatable bonds is 4. The second-order valence-electron chi connectivity index (χ2n) is 5.56. The first kappa shape index (κ1) is 16.7. The van der Waals surface area contributed by atoms with Crippen molar-refractivity contribution in [3.05, 3.63) is 47.5 Å². The molecule has 0 bridgehead atoms. The fourth-order valence-electron chi connectivity index (χ4n) is 2.75. The van der Waals surface area contributed by atoms with Crippen LogP contribution in [-0.2, 0) is 13.1 Å². The highest BCUT2D eigenvalue weighted by Gasteiger charge is 2.13. The molecule has 0 unspecified atom stereocenters. The van der Waals surface area contributed by atoms with Crippen molar-refractivity contribution in [1.29, 1.82) is 0 Å². The molecule has 2 aromatic rings. The van der Waals surface area contributed by atoms with E-state index in [0.717, 1.165) is 36.1 Å². The standard InChI is InChI=1S/C18H19NO4.ClH/c1-3-15-17(22-7-5-20-15)9-13(1)11-19-12-14-2-4-16-18(10-14)23-8-6-21-16;/h1-4,9-10,19H,5-8,11-12H2;1H. The van der Waals surface area contributed by atoms with Gasteiger partial charge < -0.3 is 24.3 Å². The van der Waals surface area contributed by atoms with Gasteiger partial charge in [-0.25, -0.2) is 0 Å². The number of ether oxygens (including phenoxy) is 4. The summed E-state index contributed by atoms with van der Waals surface area (Å²) in [5, 5.41) is 3.44. The highest BCUT2D eigenvalue weighted by molar-refractivity contribution is 5.85. The van der Waals surface area contributed by atoms with E-state index in [9.17, 15) is 0 Å². The number of fused-ring (bicyclic) bond motifs is 2. The van der Waals surface area contributed by atoms with E-state index in [1.807, 2.05) is 24.3 Å². The summed E-state index contributed by atoms with van der Waals surface area (Å²) >= 11 is 0. The molecule has 6 heteroatoms. The summed E-state index contributed by atoms with van der Waals surface area (Å²) in [5.41, 5.74) is 2.35. The lowest BCUT2D eigenvalue weighted by atomic mass is 10.1. The number of halogens is 1. The van der Waals surface area contributed by atoms with Gasteiger partial charge in [0.05, 0.1) is 0 Å². The zero-order chi connectivity index (χ0) is 15.5. The summed E-state index contributed by atoms with van der Waals surface area (Å²) in [6.07, 6.45) is 0. The molecule has 0 saturated heterocycles. The molecule has 0 amide bonds. The van der Waals surface area contributed by atoms with Crippen molar-refractivity contribution in [2.75, 3.05) is 26.4 Å². The Morgan fingerprint density at radius 1 is 0.625 bits per heavy atom. The topological polar surface area (TPSA) is 49.0 Å². The lowest BCUT2D eigenvalue weighted by molar-refractivity contribution is 0.171. The molecule has 0 fully saturated rings. The van der Waals surface area contributed by atoms with Crippen molar-refractivity contribution in [2.24, 2.45) is 0 Å². The van der Waals surface area contributed by atoms with Gasteiger partial charge >= 0.3 is 0 Å². The first-order valence-electron chi connectivity index (χ1n) is 7.86. The van der Waals surface area contributed by atoms with Gasteiger partial charge in [-0.15, -0.1) is 12.4 Å². The van der Waals surface area contributed by atoms with Gasteiger partial charge in [-0.05, 0) is 35.4 Å². The molecule has 2 aliphatic heterocycles. The smallest absolute Gasteiger partial charge is 0.161 e. The minimum atomic E-state index is 0. The molecule has 5 nitrogen and oxygen atoms in total. The summed E-state index contributed by atoms with van der Waals surface area (Å²) < 4.78 is 22.3. The molecule has 0 radical (unpaired) electrons. The minimum Gasteiger partial charge on any atom is -0.486 e. The maximum absolute atomic E-state index is 5.61. The molecular weight excluding hydrogens is 330 g/mol. The monoisotopic (exact) mass is 349 g/mol. The molecule has 128 valence electrons. The van der Waals surface area contributed by atoms with Crippen LogP contribution in [0.1, 0.15) is 11.1 Å². The molecule has 1 N–H and O–H groups in total. The zero-order valence-electron chi connectivity index (χ0n) is 13.2. The predicted molar refractivity (Wildman–Crippen MR) is 92.7 cm³/mol. The van der Waals surface area contributed by atoms with E-state index in [-0.39, 0.29) is 12.4 Å². The van der Waals surface area contributed by atoms with Crippen LogP contribution in [0.4, 0.5) is 0 Å². The number of hydrogen-bond acceptors (Lipinski definition) is 5. The number of nitrogens with one attached hydrogen (secondary N) is 1. The van der Waals surface area contributed by atoms with Crippen LogP contribution in [0.15, 0.2) is 36.4 Å². The number of hydrogen-bond donors (Lipinski definition) is 1. The Kier molecular flexibility index (Phi) is 5.33. The molecule has 0 spiro atoms. The minimum absolute atomic E-state index is 0. The van der Waals surface area contributed by atoms with Crippen molar-refractivity contribution in [2.45, 2.75) is 13.1 Å². The van der Waals surface area contributed by atoms with Gasteiger partial charge in [-0.3, -0.25) is 0 Å². The first-order valence-corrected chi connectivity index (χ1v) is 7.86. The Morgan fingerprint density at radius 2 is 1.04 bits per heavy atom. The normalized spacial score (nSPS) is 14.7. The van der Waals surface area contributed by atoms with Crippen LogP contribution < -0.4 is 24.3 Å². The molecule has 24 heavy (non-hydrogen) atoms. The summed E-state index contributed by atoms with van der Waals surface area (Å²) in [7, 11) is 0. The quantitative estimate of drug-likeness (QED) is 0.919. The van der Waals surface area contributed by atoms with Crippen LogP contribution in [0.2, 0.25) is 0 Å². The molecule has 2 heterocycles. The van der Waals surface area contributed by atoms with Gasteiger partial charge in [-0.2, -0.15) is 0 Å². The SMILES string of the molecule is Cl.c1cc2c(cc1CNCc1ccc3c(c1)OCCO3)OCCO2. The highest BCUT2D eigenvalue weighted by Crippen LogP contribution is 2.31. The second-order valence-corrected chi connectivity index (χ2v) is 5.56. The molecule has 0 aliphatic carbocycles. The molecule has 4 rings (SSSR count). The van der Waals surface area contributed by atoms with Gasteiger partial charge in [0.25, 0.3) is 0 Å². The summed E-state index contributed by atoms with van der Waals surface area (Å²) in [4.78, 5) is 0. The zero-order valence-corrected chi connectivity index (χ0v) is 14.1. The van der Waals surface area contributed by atoms with Crippen LogP contribution in [0.3, 0.4) is 0 Å². The van der Waals surface area contributed by atoms with Crippen LogP contribution >= 0.6 is 12.4 Å². The van der Waals surface area contributed by atoms with Gasteiger partial charge in [-0.1, -0.05) is 12.1 Å². The molecule has 0 saturated carbocycles. The largest absolute Gasteiger partial charge is 0.486 e. The van der Waals surface area contributed by atoms with Gasteiger partial charge in [0, 0.05) is 13.1 Å². The van der Waals surface area contributed by atoms with E-state index in [0.29, 0.717) is 26.4 Å².